The lowest BCUT2D eigenvalue weighted by Crippen LogP contribution is -2.39. The van der Waals surface area contributed by atoms with E-state index < -0.39 is 11.9 Å². The number of halogens is 3. The summed E-state index contributed by atoms with van der Waals surface area (Å²) < 4.78 is 13.8. The van der Waals surface area contributed by atoms with Crippen LogP contribution in [0.3, 0.4) is 0 Å². The summed E-state index contributed by atoms with van der Waals surface area (Å²) in [7, 11) is 1.72. The monoisotopic (exact) mass is 355 g/mol. The highest BCUT2D eigenvalue weighted by Crippen LogP contribution is 2.21. The van der Waals surface area contributed by atoms with Crippen LogP contribution in [0.5, 0.6) is 0 Å². The Bertz CT molecular complexity index is 674. The van der Waals surface area contributed by atoms with Crippen LogP contribution in [0.1, 0.15) is 12.5 Å². The molecule has 1 N–H and O–H groups in total. The molecule has 0 spiro atoms. The van der Waals surface area contributed by atoms with Crippen molar-refractivity contribution in [1.82, 2.24) is 9.88 Å². The summed E-state index contributed by atoms with van der Waals surface area (Å²) in [6.07, 6.45) is 1.45. The summed E-state index contributed by atoms with van der Waals surface area (Å²) in [6, 6.07) is 7.26. The summed E-state index contributed by atoms with van der Waals surface area (Å²) in [4.78, 5) is 18.0. The molecule has 0 aliphatic rings. The number of hydrogen-bond donors (Lipinski definition) is 1. The van der Waals surface area contributed by atoms with Gasteiger partial charge in [0.15, 0.2) is 0 Å². The lowest BCUT2D eigenvalue weighted by Gasteiger charge is -2.24. The average molecular weight is 356 g/mol. The van der Waals surface area contributed by atoms with Crippen LogP contribution >= 0.6 is 23.2 Å². The van der Waals surface area contributed by atoms with Crippen molar-refractivity contribution in [1.29, 1.82) is 0 Å². The molecule has 1 heterocycles. The molecule has 0 saturated heterocycles. The van der Waals surface area contributed by atoms with Crippen molar-refractivity contribution < 1.29 is 9.18 Å². The molecule has 7 heteroatoms. The van der Waals surface area contributed by atoms with Crippen LogP contribution in [0.25, 0.3) is 0 Å². The Labute approximate surface area is 144 Å². The molecule has 0 aliphatic heterocycles. The number of hydrogen-bond acceptors (Lipinski definition) is 3. The molecule has 2 aromatic rings. The first-order valence-corrected chi connectivity index (χ1v) is 7.69. The van der Waals surface area contributed by atoms with E-state index in [1.165, 1.54) is 12.3 Å². The van der Waals surface area contributed by atoms with Gasteiger partial charge in [-0.2, -0.15) is 0 Å². The quantitative estimate of drug-likeness (QED) is 0.881. The Hall–Kier alpha value is -1.69. The van der Waals surface area contributed by atoms with Crippen molar-refractivity contribution in [2.45, 2.75) is 19.5 Å². The number of nitrogens with zero attached hydrogens (tertiary/aromatic N) is 2. The third-order valence-corrected chi connectivity index (χ3v) is 4.07. The van der Waals surface area contributed by atoms with Gasteiger partial charge in [0.2, 0.25) is 5.91 Å². The van der Waals surface area contributed by atoms with Crippen LogP contribution in [-0.2, 0) is 11.3 Å². The van der Waals surface area contributed by atoms with Gasteiger partial charge >= 0.3 is 0 Å². The fourth-order valence-corrected chi connectivity index (χ4v) is 2.28. The van der Waals surface area contributed by atoms with Gasteiger partial charge in [-0.05, 0) is 38.2 Å². The number of pyridine rings is 1. The predicted molar refractivity (Wildman–Crippen MR) is 90.2 cm³/mol. The van der Waals surface area contributed by atoms with E-state index in [1.54, 1.807) is 43.1 Å². The number of nitrogens with one attached hydrogen (secondary N) is 1. The van der Waals surface area contributed by atoms with Gasteiger partial charge in [-0.3, -0.25) is 9.69 Å². The van der Waals surface area contributed by atoms with E-state index in [2.05, 4.69) is 10.3 Å². The van der Waals surface area contributed by atoms with Gasteiger partial charge in [0.05, 0.1) is 11.1 Å². The van der Waals surface area contributed by atoms with Crippen LogP contribution in [0.4, 0.5) is 10.2 Å². The number of benzene rings is 1. The molecule has 1 atom stereocenters. The molecule has 0 radical (unpaired) electrons. The molecule has 0 fully saturated rings. The molecular formula is C16H16Cl2FN3O. The van der Waals surface area contributed by atoms with Gasteiger partial charge in [0.1, 0.15) is 11.6 Å². The topological polar surface area (TPSA) is 45.2 Å². The van der Waals surface area contributed by atoms with E-state index in [-0.39, 0.29) is 12.5 Å². The fourth-order valence-electron chi connectivity index (χ4n) is 1.95. The maximum atomic E-state index is 13.8. The van der Waals surface area contributed by atoms with E-state index in [9.17, 15) is 9.18 Å². The third kappa shape index (κ3) is 4.64. The van der Waals surface area contributed by atoms with E-state index >= 15 is 0 Å². The SMILES string of the molecule is C[C@H](C(=O)Nc1ccc(Cl)cn1)N(C)Cc1c(F)cccc1Cl. The van der Waals surface area contributed by atoms with Crippen LogP contribution in [0.15, 0.2) is 36.5 Å². The molecule has 1 aromatic carbocycles. The minimum atomic E-state index is -0.497. The second-order valence-corrected chi connectivity index (χ2v) is 5.99. The highest BCUT2D eigenvalue weighted by atomic mass is 35.5. The van der Waals surface area contributed by atoms with E-state index in [1.807, 2.05) is 0 Å². The molecule has 2 rings (SSSR count). The first-order chi connectivity index (χ1) is 10.9. The molecule has 0 saturated carbocycles. The van der Waals surface area contributed by atoms with Crippen molar-refractivity contribution >= 4 is 34.9 Å². The second-order valence-electron chi connectivity index (χ2n) is 5.14. The van der Waals surface area contributed by atoms with E-state index in [4.69, 9.17) is 23.2 Å². The smallest absolute Gasteiger partial charge is 0.242 e. The van der Waals surface area contributed by atoms with Crippen LogP contribution in [0, 0.1) is 5.82 Å². The maximum absolute atomic E-state index is 13.8. The number of carbonyl (C=O) groups is 1. The highest BCUT2D eigenvalue weighted by molar-refractivity contribution is 6.31. The van der Waals surface area contributed by atoms with Gasteiger partial charge in [0.25, 0.3) is 0 Å². The summed E-state index contributed by atoms with van der Waals surface area (Å²) in [6.45, 7) is 1.94. The summed E-state index contributed by atoms with van der Waals surface area (Å²) >= 11 is 11.8. The van der Waals surface area contributed by atoms with Gasteiger partial charge in [-0.1, -0.05) is 29.3 Å². The lowest BCUT2D eigenvalue weighted by molar-refractivity contribution is -0.120. The average Bonchev–Trinajstić information content (AvgIpc) is 2.52. The van der Waals surface area contributed by atoms with Crippen molar-refractivity contribution in [2.75, 3.05) is 12.4 Å². The molecule has 0 aliphatic carbocycles. The Kier molecular flexibility index (Phi) is 5.93. The molecule has 1 aromatic heterocycles. The van der Waals surface area contributed by atoms with Crippen molar-refractivity contribution in [3.63, 3.8) is 0 Å². The normalized spacial score (nSPS) is 12.3. The zero-order valence-electron chi connectivity index (χ0n) is 12.7. The van der Waals surface area contributed by atoms with Gasteiger partial charge in [0, 0.05) is 23.3 Å². The Morgan fingerprint density at radius 1 is 1.35 bits per heavy atom. The number of carbonyl (C=O) groups excluding carboxylic acids is 1. The number of anilines is 1. The first kappa shape index (κ1) is 17.7. The van der Waals surface area contributed by atoms with Gasteiger partial charge in [-0.15, -0.1) is 0 Å². The Morgan fingerprint density at radius 3 is 2.70 bits per heavy atom. The Morgan fingerprint density at radius 2 is 2.09 bits per heavy atom. The highest BCUT2D eigenvalue weighted by Gasteiger charge is 2.20. The number of aromatic nitrogens is 1. The maximum Gasteiger partial charge on any atom is 0.242 e. The molecule has 122 valence electrons. The van der Waals surface area contributed by atoms with Crippen molar-refractivity contribution in [2.24, 2.45) is 0 Å². The third-order valence-electron chi connectivity index (χ3n) is 3.49. The Balaban J connectivity index is 2.02. The van der Waals surface area contributed by atoms with E-state index in [0.717, 1.165) is 0 Å². The number of likely N-dealkylation sites (N-methyl/N-ethyl adjacent to an activating group) is 1. The van der Waals surface area contributed by atoms with Crippen LogP contribution in [-0.4, -0.2) is 28.9 Å². The minimum Gasteiger partial charge on any atom is -0.309 e. The largest absolute Gasteiger partial charge is 0.309 e. The van der Waals surface area contributed by atoms with Crippen LogP contribution < -0.4 is 5.32 Å². The molecule has 0 bridgehead atoms. The van der Waals surface area contributed by atoms with Crippen molar-refractivity contribution in [3.05, 3.63) is 58.0 Å². The van der Waals surface area contributed by atoms with Crippen molar-refractivity contribution in [3.8, 4) is 0 Å². The van der Waals surface area contributed by atoms with Gasteiger partial charge < -0.3 is 5.32 Å². The number of amides is 1. The predicted octanol–water partition coefficient (Wildman–Crippen LogP) is 3.99. The summed E-state index contributed by atoms with van der Waals surface area (Å²) in [5, 5.41) is 3.51. The fraction of sp³-hybridized carbons (Fsp3) is 0.250. The number of rotatable bonds is 5. The van der Waals surface area contributed by atoms with Gasteiger partial charge in [-0.25, -0.2) is 9.37 Å². The molecule has 23 heavy (non-hydrogen) atoms. The zero-order chi connectivity index (χ0) is 17.0. The zero-order valence-corrected chi connectivity index (χ0v) is 14.2. The summed E-state index contributed by atoms with van der Waals surface area (Å²) in [5.74, 6) is -0.241. The molecule has 4 nitrogen and oxygen atoms in total. The standard InChI is InChI=1S/C16H16Cl2FN3O/c1-10(16(23)21-15-7-6-11(17)8-20-15)22(2)9-12-13(18)4-3-5-14(12)19/h3-8,10H,9H2,1-2H3,(H,20,21,23)/t10-/m1/s1. The molecule has 0 unspecified atom stereocenters. The van der Waals surface area contributed by atoms with Crippen LogP contribution in [0.2, 0.25) is 10.0 Å². The molecule has 1 amide bonds. The second kappa shape index (κ2) is 7.73. The molecular weight excluding hydrogens is 340 g/mol. The lowest BCUT2D eigenvalue weighted by atomic mass is 10.1. The first-order valence-electron chi connectivity index (χ1n) is 6.94. The van der Waals surface area contributed by atoms with E-state index in [0.29, 0.717) is 21.4 Å². The summed E-state index contributed by atoms with van der Waals surface area (Å²) in [5.41, 5.74) is 0.362. The minimum absolute atomic E-state index is 0.216.